The SMILES string of the molecule is COCCNc1cc(NC(=O)N2CCCc3cc(CN4CCOCC4=O)c(C(OC)OC)nc32)ncc1C#N. The number of urea groups is 1. The molecule has 2 aliphatic heterocycles. The highest BCUT2D eigenvalue weighted by Gasteiger charge is 2.30. The first-order valence-corrected chi connectivity index (χ1v) is 12.6. The number of carbonyl (C=O) groups excluding carboxylic acids is 2. The van der Waals surface area contributed by atoms with Crippen molar-refractivity contribution in [1.82, 2.24) is 14.9 Å². The maximum Gasteiger partial charge on any atom is 0.328 e. The maximum atomic E-state index is 13.4. The molecule has 0 bridgehead atoms. The lowest BCUT2D eigenvalue weighted by Gasteiger charge is -2.32. The highest BCUT2D eigenvalue weighted by molar-refractivity contribution is 6.01. The molecule has 3 amide bonds. The molecule has 0 atom stereocenters. The van der Waals surface area contributed by atoms with Gasteiger partial charge in [-0.05, 0) is 30.0 Å². The Hall–Kier alpha value is -3.83. The van der Waals surface area contributed by atoms with Crippen LogP contribution in [-0.2, 0) is 36.7 Å². The Kier molecular flexibility index (Phi) is 9.61. The van der Waals surface area contributed by atoms with E-state index in [0.29, 0.717) is 68.0 Å². The van der Waals surface area contributed by atoms with Gasteiger partial charge in [0.25, 0.3) is 0 Å². The van der Waals surface area contributed by atoms with Crippen molar-refractivity contribution < 1.29 is 28.5 Å². The fraction of sp³-hybridized carbons (Fsp3) is 0.500. The minimum absolute atomic E-state index is 0.0482. The third kappa shape index (κ3) is 6.61. The normalized spacial score (nSPS) is 15.2. The van der Waals surface area contributed by atoms with Gasteiger partial charge < -0.3 is 29.2 Å². The van der Waals surface area contributed by atoms with E-state index in [-0.39, 0.29) is 12.5 Å². The number of carbonyl (C=O) groups is 2. The van der Waals surface area contributed by atoms with Gasteiger partial charge in [-0.15, -0.1) is 0 Å². The number of pyridine rings is 2. The maximum absolute atomic E-state index is 13.4. The molecule has 2 N–H and O–H groups in total. The van der Waals surface area contributed by atoms with Crippen molar-refractivity contribution >= 4 is 29.3 Å². The largest absolute Gasteiger partial charge is 0.383 e. The number of amides is 3. The van der Waals surface area contributed by atoms with Gasteiger partial charge in [-0.2, -0.15) is 5.26 Å². The average Bonchev–Trinajstić information content (AvgIpc) is 2.95. The van der Waals surface area contributed by atoms with Crippen LogP contribution >= 0.6 is 0 Å². The second kappa shape index (κ2) is 13.3. The highest BCUT2D eigenvalue weighted by Crippen LogP contribution is 2.32. The average molecular weight is 540 g/mol. The first kappa shape index (κ1) is 28.2. The monoisotopic (exact) mass is 539 g/mol. The second-order valence-corrected chi connectivity index (χ2v) is 9.02. The Morgan fingerprint density at radius 2 is 2.08 bits per heavy atom. The van der Waals surface area contributed by atoms with Gasteiger partial charge in [0, 0.05) is 59.8 Å². The highest BCUT2D eigenvalue weighted by atomic mass is 16.7. The zero-order valence-electron chi connectivity index (χ0n) is 22.4. The van der Waals surface area contributed by atoms with Gasteiger partial charge in [-0.25, -0.2) is 14.8 Å². The Morgan fingerprint density at radius 3 is 2.79 bits per heavy atom. The molecular weight excluding hydrogens is 506 g/mol. The fourth-order valence-electron chi connectivity index (χ4n) is 4.55. The number of morpholine rings is 1. The lowest BCUT2D eigenvalue weighted by Crippen LogP contribution is -2.42. The van der Waals surface area contributed by atoms with Gasteiger partial charge in [-0.3, -0.25) is 15.0 Å². The second-order valence-electron chi connectivity index (χ2n) is 9.02. The number of hydrogen-bond acceptors (Lipinski definition) is 10. The molecular formula is C26H33N7O6. The summed E-state index contributed by atoms with van der Waals surface area (Å²) >= 11 is 0. The molecule has 4 rings (SSSR count). The first-order chi connectivity index (χ1) is 19.0. The summed E-state index contributed by atoms with van der Waals surface area (Å²) in [6.45, 7) is 2.74. The summed E-state index contributed by atoms with van der Waals surface area (Å²) in [4.78, 5) is 38.2. The predicted octanol–water partition coefficient (Wildman–Crippen LogP) is 2.04. The van der Waals surface area contributed by atoms with Crippen LogP contribution in [0.25, 0.3) is 0 Å². The molecule has 1 fully saturated rings. The van der Waals surface area contributed by atoms with Crippen molar-refractivity contribution in [3.8, 4) is 6.07 Å². The van der Waals surface area contributed by atoms with Crippen LogP contribution < -0.4 is 15.5 Å². The van der Waals surface area contributed by atoms with Crippen LogP contribution in [0.1, 0.15) is 35.1 Å². The summed E-state index contributed by atoms with van der Waals surface area (Å²) in [5.41, 5.74) is 3.08. The topological polar surface area (TPSA) is 151 Å². The number of aromatic nitrogens is 2. The number of aryl methyl sites for hydroxylation is 1. The summed E-state index contributed by atoms with van der Waals surface area (Å²) in [7, 11) is 4.62. The van der Waals surface area contributed by atoms with Crippen LogP contribution in [0, 0.1) is 11.3 Å². The zero-order chi connectivity index (χ0) is 27.8. The summed E-state index contributed by atoms with van der Waals surface area (Å²) in [5, 5.41) is 15.3. The number of methoxy groups -OCH3 is 3. The summed E-state index contributed by atoms with van der Waals surface area (Å²) < 4.78 is 21.3. The van der Waals surface area contributed by atoms with Crippen molar-refractivity contribution in [2.24, 2.45) is 0 Å². The van der Waals surface area contributed by atoms with Crippen molar-refractivity contribution in [3.05, 3.63) is 40.7 Å². The van der Waals surface area contributed by atoms with Crippen LogP contribution in [-0.4, -0.2) is 87.6 Å². The van der Waals surface area contributed by atoms with E-state index in [4.69, 9.17) is 23.9 Å². The number of fused-ring (bicyclic) bond motifs is 1. The summed E-state index contributed by atoms with van der Waals surface area (Å²) in [6, 6.07) is 5.27. The molecule has 0 aliphatic carbocycles. The first-order valence-electron chi connectivity index (χ1n) is 12.6. The van der Waals surface area contributed by atoms with E-state index >= 15 is 0 Å². The Labute approximate surface area is 227 Å². The Balaban J connectivity index is 1.61. The van der Waals surface area contributed by atoms with Crippen molar-refractivity contribution in [2.45, 2.75) is 25.7 Å². The van der Waals surface area contributed by atoms with Gasteiger partial charge in [0.05, 0.1) is 24.5 Å². The molecule has 39 heavy (non-hydrogen) atoms. The van der Waals surface area contributed by atoms with Gasteiger partial charge >= 0.3 is 6.03 Å². The quantitative estimate of drug-likeness (QED) is 0.339. The number of ether oxygens (including phenoxy) is 4. The van der Waals surface area contributed by atoms with Gasteiger partial charge in [0.1, 0.15) is 30.0 Å². The Morgan fingerprint density at radius 1 is 1.26 bits per heavy atom. The molecule has 13 heteroatoms. The van der Waals surface area contributed by atoms with Gasteiger partial charge in [-0.1, -0.05) is 0 Å². The molecule has 0 radical (unpaired) electrons. The Bertz CT molecular complexity index is 1230. The van der Waals surface area contributed by atoms with Crippen molar-refractivity contribution in [3.63, 3.8) is 0 Å². The number of nitrogens with zero attached hydrogens (tertiary/aromatic N) is 5. The fourth-order valence-corrected chi connectivity index (χ4v) is 4.55. The van der Waals surface area contributed by atoms with E-state index in [1.807, 2.05) is 6.07 Å². The van der Waals surface area contributed by atoms with E-state index < -0.39 is 12.3 Å². The standard InChI is InChI=1S/C26H33N7O6/c1-36-9-6-28-20-12-21(29-14-19(20)13-27)30-26(35)33-7-4-5-17-11-18(15-32-8-10-39-16-22(32)34)23(31-24(17)33)25(37-2)38-3/h11-12,14,25H,4-10,15-16H2,1-3H3,(H2,28,29,30,35). The van der Waals surface area contributed by atoms with E-state index in [1.165, 1.54) is 20.4 Å². The van der Waals surface area contributed by atoms with Crippen LogP contribution in [0.2, 0.25) is 0 Å². The lowest BCUT2D eigenvalue weighted by molar-refractivity contribution is -0.143. The molecule has 1 saturated heterocycles. The van der Waals surface area contributed by atoms with Crippen LogP contribution in [0.5, 0.6) is 0 Å². The zero-order valence-corrected chi connectivity index (χ0v) is 22.4. The molecule has 2 aromatic heterocycles. The van der Waals surface area contributed by atoms with E-state index in [9.17, 15) is 14.9 Å². The number of nitriles is 1. The molecule has 208 valence electrons. The number of hydrogen-bond donors (Lipinski definition) is 2. The predicted molar refractivity (Wildman–Crippen MR) is 141 cm³/mol. The molecule has 13 nitrogen and oxygen atoms in total. The van der Waals surface area contributed by atoms with E-state index in [2.05, 4.69) is 21.7 Å². The minimum Gasteiger partial charge on any atom is -0.383 e. The molecule has 0 saturated carbocycles. The molecule has 2 aromatic rings. The van der Waals surface area contributed by atoms with Crippen LogP contribution in [0.15, 0.2) is 18.3 Å². The molecule has 2 aliphatic rings. The number of rotatable bonds is 10. The van der Waals surface area contributed by atoms with Crippen molar-refractivity contribution in [2.75, 3.05) is 76.3 Å². The van der Waals surface area contributed by atoms with Crippen LogP contribution in [0.3, 0.4) is 0 Å². The minimum atomic E-state index is -0.783. The van der Waals surface area contributed by atoms with Gasteiger partial charge in [0.15, 0.2) is 0 Å². The molecule has 0 unspecified atom stereocenters. The van der Waals surface area contributed by atoms with E-state index in [0.717, 1.165) is 24.0 Å². The third-order valence-electron chi connectivity index (χ3n) is 6.50. The van der Waals surface area contributed by atoms with Crippen LogP contribution in [0.4, 0.5) is 22.1 Å². The number of anilines is 3. The molecule has 0 spiro atoms. The summed E-state index contributed by atoms with van der Waals surface area (Å²) in [6.07, 6.45) is 2.09. The summed E-state index contributed by atoms with van der Waals surface area (Å²) in [5.74, 6) is 0.695. The molecule has 0 aromatic carbocycles. The third-order valence-corrected chi connectivity index (χ3v) is 6.50. The number of nitrogens with one attached hydrogen (secondary N) is 2. The lowest BCUT2D eigenvalue weighted by atomic mass is 10.0. The smallest absolute Gasteiger partial charge is 0.328 e. The molecule has 4 heterocycles. The van der Waals surface area contributed by atoms with Gasteiger partial charge in [0.2, 0.25) is 12.2 Å². The van der Waals surface area contributed by atoms with Crippen molar-refractivity contribution in [1.29, 1.82) is 5.26 Å². The van der Waals surface area contributed by atoms with E-state index in [1.54, 1.807) is 23.0 Å².